The number of benzene rings is 25. The number of rotatable bonds is 18. The van der Waals surface area contributed by atoms with Gasteiger partial charge in [0.15, 0.2) is 0 Å². The van der Waals surface area contributed by atoms with E-state index in [4.69, 9.17) is 0 Å². The molecule has 28 rings (SSSR count). The topological polar surface area (TPSA) is 17.9 Å². The average Bonchev–Trinajstić information content (AvgIpc) is 1.53. The fraction of sp³-hybridized carbons (Fsp3) is 0.0350. The standard InChI is InChI=1S/C77H57N3.C66H44N2S/c1-50-44-52(53-33-43-76-72(46-53)70-30-18-19-31-75(70)80(76)56-24-12-7-13-25-56)32-38-61(50)62-39-34-57(45-51(62)2)79(58-35-40-67-65-28-15-14-26-63(65)64-27-16-17-29-66(64)71(67)47-58)60-37-42-69-68-41-36-59(48-73(68)77(3,4)74(69)49-60)78(54-20-8-5-9-21-54)55-22-10-6-11-23-55;1-3-13-51(14-4-1)67(52-15-5-2-6-16-52)53-34-27-47(28-35-53)48-31-38-55(39-32-48)68(56-40-41-61-59-19-8-7-17-57(59)58-18-9-10-20-60(58)63(61)44-56)54-36-29-46(30-37-54)45-23-25-49(26-24-45)50-33-42-66-64(43-50)62-21-11-12-22-65(62)69-66/h5-49H,1-4H3;1-44H. The van der Waals surface area contributed by atoms with Crippen molar-refractivity contribution < 1.29 is 0 Å². The molecule has 0 saturated carbocycles. The number of thiophene rings is 1. The van der Waals surface area contributed by atoms with E-state index in [1.165, 1.54) is 190 Å². The van der Waals surface area contributed by atoms with Crippen molar-refractivity contribution in [1.29, 1.82) is 0 Å². The number of hydrogen-bond donors (Lipinski definition) is 0. The Kier molecular flexibility index (Phi) is 22.2. The molecule has 704 valence electrons. The monoisotopic (exact) mass is 1920 g/mol. The number of hydrogen-bond acceptors (Lipinski definition) is 5. The van der Waals surface area contributed by atoms with Crippen molar-refractivity contribution in [2.45, 2.75) is 33.1 Å². The highest BCUT2D eigenvalue weighted by Gasteiger charge is 2.38. The molecule has 6 heteroatoms. The van der Waals surface area contributed by atoms with Gasteiger partial charge in [-0.3, -0.25) is 0 Å². The van der Waals surface area contributed by atoms with Crippen LogP contribution in [-0.2, 0) is 5.41 Å². The molecule has 5 nitrogen and oxygen atoms in total. The molecule has 0 amide bonds. The predicted molar refractivity (Wildman–Crippen MR) is 638 cm³/mol. The molecule has 2 aromatic heterocycles. The minimum atomic E-state index is -0.282. The maximum absolute atomic E-state index is 2.48. The summed E-state index contributed by atoms with van der Waals surface area (Å²) in [6, 6.07) is 198. The maximum Gasteiger partial charge on any atom is 0.0541 e. The lowest BCUT2D eigenvalue weighted by molar-refractivity contribution is 0.660. The summed E-state index contributed by atoms with van der Waals surface area (Å²) in [5, 5.41) is 20.3. The Labute approximate surface area is 871 Å². The zero-order valence-electron chi connectivity index (χ0n) is 83.0. The van der Waals surface area contributed by atoms with Gasteiger partial charge in [0.05, 0.1) is 11.0 Å². The van der Waals surface area contributed by atoms with Crippen molar-refractivity contribution in [2.75, 3.05) is 19.6 Å². The van der Waals surface area contributed by atoms with E-state index in [0.717, 1.165) is 79.4 Å². The summed E-state index contributed by atoms with van der Waals surface area (Å²) >= 11 is 1.86. The number of aryl methyl sites for hydroxylation is 2. The molecule has 0 bridgehead atoms. The molecular formula is C143H101N5S. The fourth-order valence-electron chi connectivity index (χ4n) is 23.6. The smallest absolute Gasteiger partial charge is 0.0541 e. The van der Waals surface area contributed by atoms with Crippen LogP contribution in [0.25, 0.3) is 179 Å². The molecule has 0 atom stereocenters. The molecular weight excluding hydrogens is 1820 g/mol. The van der Waals surface area contributed by atoms with Gasteiger partial charge in [0.25, 0.3) is 0 Å². The molecule has 0 radical (unpaired) electrons. The van der Waals surface area contributed by atoms with Crippen LogP contribution in [0.5, 0.6) is 0 Å². The molecule has 1 aliphatic carbocycles. The molecule has 0 unspecified atom stereocenters. The van der Waals surface area contributed by atoms with Crippen LogP contribution in [-0.4, -0.2) is 4.57 Å². The Morgan fingerprint density at radius 1 is 0.168 bits per heavy atom. The summed E-state index contributed by atoms with van der Waals surface area (Å²) in [6.45, 7) is 9.33. The first-order chi connectivity index (χ1) is 73.5. The Hall–Kier alpha value is -18.7. The maximum atomic E-state index is 2.48. The average molecular weight is 1920 g/mol. The van der Waals surface area contributed by atoms with E-state index in [1.54, 1.807) is 0 Å². The molecule has 0 N–H and O–H groups in total. The number of para-hydroxylation sites is 6. The zero-order chi connectivity index (χ0) is 99.3. The van der Waals surface area contributed by atoms with Crippen molar-refractivity contribution in [2.24, 2.45) is 0 Å². The van der Waals surface area contributed by atoms with E-state index in [1.807, 2.05) is 11.3 Å². The van der Waals surface area contributed by atoms with Crippen LogP contribution in [0.2, 0.25) is 0 Å². The van der Waals surface area contributed by atoms with Crippen LogP contribution in [0.15, 0.2) is 540 Å². The Morgan fingerprint density at radius 3 is 0.866 bits per heavy atom. The third-order valence-corrected chi connectivity index (χ3v) is 32.0. The number of fused-ring (bicyclic) bond motifs is 21. The molecule has 2 heterocycles. The minimum absolute atomic E-state index is 0.282. The highest BCUT2D eigenvalue weighted by molar-refractivity contribution is 7.25. The summed E-state index contributed by atoms with van der Waals surface area (Å²) < 4.78 is 5.04. The van der Waals surface area contributed by atoms with Crippen LogP contribution in [0, 0.1) is 13.8 Å². The highest BCUT2D eigenvalue weighted by Crippen LogP contribution is 2.55. The molecule has 1 aliphatic rings. The van der Waals surface area contributed by atoms with Gasteiger partial charge < -0.3 is 24.2 Å². The van der Waals surface area contributed by atoms with Crippen molar-refractivity contribution in [3.8, 4) is 72.4 Å². The van der Waals surface area contributed by atoms with Crippen molar-refractivity contribution in [3.05, 3.63) is 562 Å². The lowest BCUT2D eigenvalue weighted by Gasteiger charge is -2.30. The van der Waals surface area contributed by atoms with Gasteiger partial charge in [0, 0.05) is 110 Å². The van der Waals surface area contributed by atoms with Crippen molar-refractivity contribution in [3.63, 3.8) is 0 Å². The number of anilines is 12. The first-order valence-corrected chi connectivity index (χ1v) is 52.3. The van der Waals surface area contributed by atoms with Gasteiger partial charge in [-0.15, -0.1) is 11.3 Å². The largest absolute Gasteiger partial charge is 0.311 e. The third-order valence-electron chi connectivity index (χ3n) is 30.8. The van der Waals surface area contributed by atoms with E-state index in [2.05, 4.69) is 592 Å². The van der Waals surface area contributed by atoms with Crippen LogP contribution in [0.3, 0.4) is 0 Å². The predicted octanol–water partition coefficient (Wildman–Crippen LogP) is 40.9. The van der Waals surface area contributed by atoms with Gasteiger partial charge in [0.1, 0.15) is 0 Å². The van der Waals surface area contributed by atoms with Gasteiger partial charge in [0.2, 0.25) is 0 Å². The van der Waals surface area contributed by atoms with Crippen LogP contribution < -0.4 is 19.6 Å². The Bertz CT molecular complexity index is 9720. The van der Waals surface area contributed by atoms with E-state index in [0.29, 0.717) is 0 Å². The second kappa shape index (κ2) is 37.2. The fourth-order valence-corrected chi connectivity index (χ4v) is 24.7. The molecule has 0 aliphatic heterocycles. The second-order valence-corrected chi connectivity index (χ2v) is 41.0. The quantitative estimate of drug-likeness (QED) is 0.0797. The van der Waals surface area contributed by atoms with Gasteiger partial charge in [-0.2, -0.15) is 0 Å². The zero-order valence-corrected chi connectivity index (χ0v) is 83.8. The van der Waals surface area contributed by atoms with Crippen LogP contribution in [0.4, 0.5) is 68.2 Å². The molecule has 149 heavy (non-hydrogen) atoms. The summed E-state index contributed by atoms with van der Waals surface area (Å²) in [5.41, 5.74) is 36.5. The summed E-state index contributed by atoms with van der Waals surface area (Å²) in [5.74, 6) is 0. The van der Waals surface area contributed by atoms with Gasteiger partial charge in [-0.1, -0.05) is 360 Å². The first kappa shape index (κ1) is 89.2. The van der Waals surface area contributed by atoms with Gasteiger partial charge >= 0.3 is 0 Å². The summed E-state index contributed by atoms with van der Waals surface area (Å²) in [7, 11) is 0. The first-order valence-electron chi connectivity index (χ1n) is 51.5. The Morgan fingerprint density at radius 2 is 0.430 bits per heavy atom. The third kappa shape index (κ3) is 15.9. The molecule has 0 fully saturated rings. The van der Waals surface area contributed by atoms with Crippen molar-refractivity contribution >= 4 is 186 Å². The molecule has 25 aromatic carbocycles. The minimum Gasteiger partial charge on any atom is -0.311 e. The lowest BCUT2D eigenvalue weighted by atomic mass is 9.82. The summed E-state index contributed by atoms with van der Waals surface area (Å²) in [6.07, 6.45) is 0. The Balaban J connectivity index is 0.000000148. The van der Waals surface area contributed by atoms with E-state index < -0.39 is 0 Å². The van der Waals surface area contributed by atoms with E-state index in [9.17, 15) is 0 Å². The normalized spacial score (nSPS) is 12.1. The lowest BCUT2D eigenvalue weighted by Crippen LogP contribution is -2.17. The van der Waals surface area contributed by atoms with Gasteiger partial charge in [-0.25, -0.2) is 0 Å². The number of aromatic nitrogens is 1. The van der Waals surface area contributed by atoms with E-state index in [-0.39, 0.29) is 5.41 Å². The molecule has 27 aromatic rings. The van der Waals surface area contributed by atoms with Crippen LogP contribution >= 0.6 is 11.3 Å². The van der Waals surface area contributed by atoms with E-state index >= 15 is 0 Å². The van der Waals surface area contributed by atoms with Crippen molar-refractivity contribution in [1.82, 2.24) is 4.57 Å². The number of nitrogens with zero attached hydrogens (tertiary/aromatic N) is 5. The highest BCUT2D eigenvalue weighted by atomic mass is 32.1. The SMILES string of the molecule is Cc1cc(-c2ccc3c(c2)c2ccccc2n3-c2ccccc2)ccc1-c1ccc(N(c2ccc3c(c2)C(C)(C)c2cc(N(c4ccccc4)c4ccccc4)ccc2-3)c2ccc3c4ccccc4c4ccccc4c3c2)cc1C.c1ccc(N(c2ccccc2)c2ccc(-c3ccc(N(c4ccc(-c5ccc(-c6ccc7sc8ccccc8c7c6)cc5)cc4)c4ccc5c6ccccc6c6ccccc6c5c4)cc3)cc2)cc1. The van der Waals surface area contributed by atoms with Crippen LogP contribution in [0.1, 0.15) is 36.1 Å². The van der Waals surface area contributed by atoms with Gasteiger partial charge in [-0.05, 0) is 362 Å². The summed E-state index contributed by atoms with van der Waals surface area (Å²) in [4.78, 5) is 9.55. The second-order valence-electron chi connectivity index (χ2n) is 39.9. The molecule has 0 saturated heterocycles. The molecule has 0 spiro atoms.